The molecule has 2 aromatic carbocycles. The molecule has 0 radical (unpaired) electrons. The summed E-state index contributed by atoms with van der Waals surface area (Å²) in [5.74, 6) is -2.91. The molecule has 6 heteroatoms. The molecule has 0 atom stereocenters. The van der Waals surface area contributed by atoms with Crippen LogP contribution in [0.5, 0.6) is 0 Å². The Labute approximate surface area is 170 Å². The second-order valence-electron chi connectivity index (χ2n) is 7.27. The van der Waals surface area contributed by atoms with Gasteiger partial charge in [0.25, 0.3) is 0 Å². The number of pyridine rings is 2. The van der Waals surface area contributed by atoms with Crippen LogP contribution in [-0.4, -0.2) is 0 Å². The molecule has 0 bridgehead atoms. The summed E-state index contributed by atoms with van der Waals surface area (Å²) in [6.45, 7) is 0.263. The summed E-state index contributed by atoms with van der Waals surface area (Å²) in [7, 11) is 0. The topological polar surface area (TPSA) is 7.76 Å². The Morgan fingerprint density at radius 2 is 1.07 bits per heavy atom. The molecule has 4 aromatic rings. The van der Waals surface area contributed by atoms with Gasteiger partial charge in [-0.3, -0.25) is 0 Å². The number of benzene rings is 2. The van der Waals surface area contributed by atoms with Gasteiger partial charge in [0.05, 0.1) is 11.1 Å². The molecule has 0 unspecified atom stereocenters. The second kappa shape index (κ2) is 7.06. The van der Waals surface area contributed by atoms with Gasteiger partial charge in [-0.15, -0.1) is 9.13 Å². The number of rotatable bonds is 0. The fraction of sp³-hybridized carbons (Fsp3) is 0.0833. The van der Waals surface area contributed by atoms with E-state index in [0.29, 0.717) is 22.5 Å². The van der Waals surface area contributed by atoms with E-state index in [0.717, 1.165) is 12.1 Å². The van der Waals surface area contributed by atoms with E-state index in [1.54, 1.807) is 36.7 Å². The quantitative estimate of drug-likeness (QED) is 0.262. The first-order chi connectivity index (χ1) is 14.5. The van der Waals surface area contributed by atoms with Crippen molar-refractivity contribution in [3.8, 4) is 22.5 Å². The third-order valence-electron chi connectivity index (χ3n) is 5.35. The lowest BCUT2D eigenvalue weighted by atomic mass is 9.92. The molecular formula is C24H16F4N2+2. The fourth-order valence-corrected chi connectivity index (χ4v) is 4.13. The standard InChI is InChI=1S/C24H16F4N2/c25-17-10-15-9-16-11-18(26)13-20(28)24(16)22-6-2-4-8-30(22)14-29-7-3-1-5-21(29)23(15)19(27)12-17/h1-8,10-13H,9,14H2/q+2. The van der Waals surface area contributed by atoms with Crippen LogP contribution in [0, 0.1) is 23.3 Å². The van der Waals surface area contributed by atoms with E-state index < -0.39 is 23.3 Å². The Kier molecular flexibility index (Phi) is 4.35. The number of halogens is 4. The molecule has 0 saturated heterocycles. The first-order valence-corrected chi connectivity index (χ1v) is 9.45. The summed E-state index contributed by atoms with van der Waals surface area (Å²) in [6.07, 6.45) is 3.54. The first-order valence-electron chi connectivity index (χ1n) is 9.45. The maximum atomic E-state index is 15.0. The SMILES string of the molecule is Fc1cc(F)c2c(c1)Cc1cc(F)cc(F)c1-c1cccc[n+]1C[n+]1ccccc1-2. The van der Waals surface area contributed by atoms with Crippen molar-refractivity contribution in [2.24, 2.45) is 0 Å². The van der Waals surface area contributed by atoms with Gasteiger partial charge in [0.15, 0.2) is 12.4 Å². The molecule has 0 saturated carbocycles. The molecular weight excluding hydrogens is 392 g/mol. The predicted octanol–water partition coefficient (Wildman–Crippen LogP) is 4.56. The normalized spacial score (nSPS) is 12.4. The third kappa shape index (κ3) is 3.05. The predicted molar refractivity (Wildman–Crippen MR) is 102 cm³/mol. The van der Waals surface area contributed by atoms with E-state index in [1.165, 1.54) is 12.1 Å². The van der Waals surface area contributed by atoms with E-state index in [4.69, 9.17) is 0 Å². The van der Waals surface area contributed by atoms with E-state index in [9.17, 15) is 17.6 Å². The summed E-state index contributed by atoms with van der Waals surface area (Å²) < 4.78 is 61.8. The maximum Gasteiger partial charge on any atom is 0.344 e. The van der Waals surface area contributed by atoms with Crippen molar-refractivity contribution in [3.05, 3.63) is 107 Å². The average Bonchev–Trinajstić information content (AvgIpc) is 2.69. The van der Waals surface area contributed by atoms with Crippen molar-refractivity contribution in [2.45, 2.75) is 13.1 Å². The van der Waals surface area contributed by atoms with Gasteiger partial charge in [-0.2, -0.15) is 0 Å². The minimum atomic E-state index is -0.737. The zero-order valence-corrected chi connectivity index (χ0v) is 15.7. The van der Waals surface area contributed by atoms with Crippen LogP contribution in [0.1, 0.15) is 11.1 Å². The zero-order chi connectivity index (χ0) is 20.8. The zero-order valence-electron chi connectivity index (χ0n) is 15.7. The summed E-state index contributed by atoms with van der Waals surface area (Å²) in [4.78, 5) is 0. The highest BCUT2D eigenvalue weighted by Gasteiger charge is 2.30. The van der Waals surface area contributed by atoms with Gasteiger partial charge in [0, 0.05) is 36.4 Å². The molecule has 0 N–H and O–H groups in total. The average molecular weight is 408 g/mol. The maximum absolute atomic E-state index is 15.0. The summed E-state index contributed by atoms with van der Waals surface area (Å²) in [6, 6.07) is 14.8. The molecule has 5 rings (SSSR count). The van der Waals surface area contributed by atoms with E-state index in [2.05, 4.69) is 0 Å². The van der Waals surface area contributed by atoms with Crippen molar-refractivity contribution in [2.75, 3.05) is 0 Å². The minimum Gasteiger partial charge on any atom is -0.207 e. The highest BCUT2D eigenvalue weighted by molar-refractivity contribution is 5.67. The number of fused-ring (bicyclic) bond motifs is 6. The monoisotopic (exact) mass is 408 g/mol. The lowest BCUT2D eigenvalue weighted by Gasteiger charge is -2.16. The van der Waals surface area contributed by atoms with Crippen LogP contribution in [0.4, 0.5) is 17.6 Å². The fourth-order valence-electron chi connectivity index (χ4n) is 4.13. The van der Waals surface area contributed by atoms with Gasteiger partial charge in [0.2, 0.25) is 11.4 Å². The van der Waals surface area contributed by atoms with Crippen LogP contribution >= 0.6 is 0 Å². The van der Waals surface area contributed by atoms with Crippen molar-refractivity contribution in [1.82, 2.24) is 0 Å². The molecule has 1 aliphatic rings. The van der Waals surface area contributed by atoms with E-state index in [-0.39, 0.29) is 24.2 Å². The molecule has 30 heavy (non-hydrogen) atoms. The first kappa shape index (κ1) is 18.5. The molecule has 0 amide bonds. The van der Waals surface area contributed by atoms with E-state index >= 15 is 0 Å². The summed E-state index contributed by atoms with van der Waals surface area (Å²) in [5, 5.41) is 0. The summed E-state index contributed by atoms with van der Waals surface area (Å²) >= 11 is 0. The van der Waals surface area contributed by atoms with E-state index in [1.807, 2.05) is 21.3 Å². The molecule has 2 aromatic heterocycles. The number of aromatic nitrogens is 2. The smallest absolute Gasteiger partial charge is 0.207 e. The largest absolute Gasteiger partial charge is 0.344 e. The van der Waals surface area contributed by atoms with Gasteiger partial charge in [-0.1, -0.05) is 0 Å². The number of hydrogen-bond donors (Lipinski definition) is 0. The molecule has 2 nitrogen and oxygen atoms in total. The van der Waals surface area contributed by atoms with Gasteiger partial charge in [-0.25, -0.2) is 17.6 Å². The number of hydrogen-bond acceptors (Lipinski definition) is 0. The lowest BCUT2D eigenvalue weighted by molar-refractivity contribution is -0.903. The highest BCUT2D eigenvalue weighted by Crippen LogP contribution is 2.33. The Morgan fingerprint density at radius 1 is 0.600 bits per heavy atom. The molecule has 3 heterocycles. The van der Waals surface area contributed by atoms with Crippen molar-refractivity contribution >= 4 is 0 Å². The lowest BCUT2D eigenvalue weighted by Crippen LogP contribution is -2.53. The Balaban J connectivity index is 1.90. The van der Waals surface area contributed by atoms with Crippen molar-refractivity contribution in [3.63, 3.8) is 0 Å². The van der Waals surface area contributed by atoms with Crippen LogP contribution in [-0.2, 0) is 13.1 Å². The van der Waals surface area contributed by atoms with Crippen LogP contribution < -0.4 is 9.13 Å². The Morgan fingerprint density at radius 3 is 1.53 bits per heavy atom. The molecule has 1 aliphatic heterocycles. The van der Waals surface area contributed by atoms with Gasteiger partial charge in [-0.05, 0) is 41.8 Å². The van der Waals surface area contributed by atoms with Crippen molar-refractivity contribution in [1.29, 1.82) is 0 Å². The highest BCUT2D eigenvalue weighted by atomic mass is 19.1. The molecule has 0 aliphatic carbocycles. The van der Waals surface area contributed by atoms with Gasteiger partial charge < -0.3 is 0 Å². The van der Waals surface area contributed by atoms with Crippen LogP contribution in [0.25, 0.3) is 22.5 Å². The number of nitrogens with zero attached hydrogens (tertiary/aromatic N) is 2. The van der Waals surface area contributed by atoms with Crippen molar-refractivity contribution < 1.29 is 26.7 Å². The minimum absolute atomic E-state index is 0.0299. The second-order valence-corrected chi connectivity index (χ2v) is 7.27. The van der Waals surface area contributed by atoms with Gasteiger partial charge >= 0.3 is 6.67 Å². The Hall–Kier alpha value is -3.54. The van der Waals surface area contributed by atoms with Crippen LogP contribution in [0.15, 0.2) is 73.1 Å². The Bertz CT molecular complexity index is 1200. The molecule has 148 valence electrons. The van der Waals surface area contributed by atoms with Crippen LogP contribution in [0.2, 0.25) is 0 Å². The summed E-state index contributed by atoms with van der Waals surface area (Å²) in [5.41, 5.74) is 2.17. The molecule has 0 spiro atoms. The third-order valence-corrected chi connectivity index (χ3v) is 5.35. The van der Waals surface area contributed by atoms with Gasteiger partial charge in [0.1, 0.15) is 23.3 Å². The molecule has 0 fully saturated rings. The van der Waals surface area contributed by atoms with Crippen LogP contribution in [0.3, 0.4) is 0 Å².